The molecule has 1 saturated heterocycles. The zero-order valence-electron chi connectivity index (χ0n) is 22.4. The molecule has 5 unspecified atom stereocenters. The summed E-state index contributed by atoms with van der Waals surface area (Å²) in [5.74, 6) is -2.19. The van der Waals surface area contributed by atoms with Gasteiger partial charge in [0.1, 0.15) is 31.1 Å². The summed E-state index contributed by atoms with van der Waals surface area (Å²) in [7, 11) is 0. The molecule has 0 bridgehead atoms. The molecule has 13 heteroatoms. The van der Waals surface area contributed by atoms with Crippen LogP contribution in [0.15, 0.2) is 36.4 Å². The van der Waals surface area contributed by atoms with Crippen LogP contribution in [0.1, 0.15) is 33.3 Å². The molecular weight excluding hydrogens is 518 g/mol. The van der Waals surface area contributed by atoms with Crippen molar-refractivity contribution in [3.8, 4) is 5.75 Å². The molecule has 0 saturated carbocycles. The number of carbonyl (C=O) groups excluding carboxylic acids is 5. The standard InChI is InChI=1S/C26H33NO12/c1-15-8-10-20(11-9-15)38-26(32)34-13-7-6-12-33-25-22(27-16(2)28)24(37-19(5)31)23(36-18(4)30)21(39-25)14-35-17(3)29/h6-11,21-25H,12-14H2,1-5H3,(H,27,28)/b7-6-. The Hall–Kier alpha value is -3.97. The molecule has 0 spiro atoms. The van der Waals surface area contributed by atoms with Gasteiger partial charge in [0.25, 0.3) is 0 Å². The summed E-state index contributed by atoms with van der Waals surface area (Å²) in [6, 6.07) is 5.77. The molecule has 5 atom stereocenters. The van der Waals surface area contributed by atoms with Gasteiger partial charge in [-0.3, -0.25) is 19.2 Å². The molecule has 0 aromatic heterocycles. The van der Waals surface area contributed by atoms with Crippen molar-refractivity contribution in [2.24, 2.45) is 0 Å². The number of ether oxygens (including phenoxy) is 7. The van der Waals surface area contributed by atoms with E-state index in [-0.39, 0.29) is 19.8 Å². The molecule has 1 aliphatic rings. The van der Waals surface area contributed by atoms with E-state index in [1.165, 1.54) is 26.0 Å². The van der Waals surface area contributed by atoms with Gasteiger partial charge in [-0.05, 0) is 25.1 Å². The second-order valence-electron chi connectivity index (χ2n) is 8.50. The Morgan fingerprint density at radius 1 is 0.846 bits per heavy atom. The molecule has 13 nitrogen and oxygen atoms in total. The minimum Gasteiger partial charge on any atom is -0.463 e. The van der Waals surface area contributed by atoms with Crippen LogP contribution in [0.3, 0.4) is 0 Å². The number of rotatable bonds is 11. The Morgan fingerprint density at radius 3 is 2.05 bits per heavy atom. The molecular formula is C26H33NO12. The molecule has 1 fully saturated rings. The lowest BCUT2D eigenvalue weighted by Crippen LogP contribution is -2.66. The van der Waals surface area contributed by atoms with Crippen LogP contribution < -0.4 is 10.1 Å². The summed E-state index contributed by atoms with van der Waals surface area (Å²) in [6.45, 7) is 6.08. The van der Waals surface area contributed by atoms with Crippen molar-refractivity contribution in [3.05, 3.63) is 42.0 Å². The minimum absolute atomic E-state index is 0.0809. The summed E-state index contributed by atoms with van der Waals surface area (Å²) in [5.41, 5.74) is 1.01. The Bertz CT molecular complexity index is 1040. The molecule has 1 N–H and O–H groups in total. The van der Waals surface area contributed by atoms with E-state index < -0.39 is 60.6 Å². The van der Waals surface area contributed by atoms with E-state index in [0.717, 1.165) is 19.4 Å². The number of nitrogens with one attached hydrogen (secondary N) is 1. The van der Waals surface area contributed by atoms with Crippen molar-refractivity contribution in [1.82, 2.24) is 5.32 Å². The van der Waals surface area contributed by atoms with Crippen LogP contribution in [0.25, 0.3) is 0 Å². The van der Waals surface area contributed by atoms with E-state index in [0.29, 0.717) is 5.75 Å². The summed E-state index contributed by atoms with van der Waals surface area (Å²) in [6.07, 6.45) is -2.60. The van der Waals surface area contributed by atoms with E-state index in [9.17, 15) is 24.0 Å². The zero-order valence-corrected chi connectivity index (χ0v) is 22.4. The largest absolute Gasteiger partial charge is 0.514 e. The van der Waals surface area contributed by atoms with E-state index in [2.05, 4.69) is 5.32 Å². The first-order valence-electron chi connectivity index (χ1n) is 12.0. The Kier molecular flexibility index (Phi) is 12.4. The number of carbonyl (C=O) groups is 5. The minimum atomic E-state index is -1.22. The van der Waals surface area contributed by atoms with Gasteiger partial charge in [0.05, 0.1) is 6.61 Å². The Morgan fingerprint density at radius 2 is 1.46 bits per heavy atom. The van der Waals surface area contributed by atoms with E-state index >= 15 is 0 Å². The lowest BCUT2D eigenvalue weighted by atomic mass is 9.96. The Labute approximate surface area is 225 Å². The summed E-state index contributed by atoms with van der Waals surface area (Å²) in [5, 5.41) is 2.59. The number of benzene rings is 1. The average molecular weight is 552 g/mol. The summed E-state index contributed by atoms with van der Waals surface area (Å²) in [4.78, 5) is 58.8. The van der Waals surface area contributed by atoms with Crippen LogP contribution >= 0.6 is 0 Å². The first-order valence-corrected chi connectivity index (χ1v) is 12.0. The molecule has 1 aliphatic heterocycles. The van der Waals surface area contributed by atoms with Crippen molar-refractivity contribution < 1.29 is 57.1 Å². The van der Waals surface area contributed by atoms with Gasteiger partial charge < -0.3 is 38.5 Å². The topological polar surface area (TPSA) is 162 Å². The molecule has 1 amide bonds. The molecule has 1 aromatic carbocycles. The van der Waals surface area contributed by atoms with Gasteiger partial charge in [0.2, 0.25) is 5.91 Å². The lowest BCUT2D eigenvalue weighted by Gasteiger charge is -2.44. The second-order valence-corrected chi connectivity index (χ2v) is 8.50. The van der Waals surface area contributed by atoms with Crippen molar-refractivity contribution >= 4 is 30.0 Å². The van der Waals surface area contributed by atoms with Crippen molar-refractivity contribution in [2.45, 2.75) is 65.3 Å². The third-order valence-electron chi connectivity index (χ3n) is 5.11. The van der Waals surface area contributed by atoms with Crippen LogP contribution in [-0.2, 0) is 47.6 Å². The predicted octanol–water partition coefficient (Wildman–Crippen LogP) is 1.74. The number of esters is 3. The molecule has 1 heterocycles. The van der Waals surface area contributed by atoms with Gasteiger partial charge >= 0.3 is 24.1 Å². The van der Waals surface area contributed by atoms with Crippen LogP contribution in [0, 0.1) is 6.92 Å². The average Bonchev–Trinajstić information content (AvgIpc) is 2.84. The maximum atomic E-state index is 11.9. The van der Waals surface area contributed by atoms with E-state index in [4.69, 9.17) is 33.2 Å². The van der Waals surface area contributed by atoms with Crippen molar-refractivity contribution in [1.29, 1.82) is 0 Å². The molecule has 2 rings (SSSR count). The summed E-state index contributed by atoms with van der Waals surface area (Å²) >= 11 is 0. The van der Waals surface area contributed by atoms with Crippen LogP contribution in [0.2, 0.25) is 0 Å². The van der Waals surface area contributed by atoms with Gasteiger partial charge in [-0.1, -0.05) is 23.8 Å². The molecule has 214 valence electrons. The van der Waals surface area contributed by atoms with Crippen LogP contribution in [-0.4, -0.2) is 80.4 Å². The van der Waals surface area contributed by atoms with Crippen LogP contribution in [0.4, 0.5) is 4.79 Å². The highest BCUT2D eigenvalue weighted by molar-refractivity contribution is 5.73. The fourth-order valence-corrected chi connectivity index (χ4v) is 3.57. The van der Waals surface area contributed by atoms with E-state index in [1.54, 1.807) is 24.3 Å². The van der Waals surface area contributed by atoms with Crippen LogP contribution in [0.5, 0.6) is 5.75 Å². The number of hydrogen-bond acceptors (Lipinski definition) is 12. The smallest absolute Gasteiger partial charge is 0.463 e. The quantitative estimate of drug-likeness (QED) is 0.184. The van der Waals surface area contributed by atoms with Gasteiger partial charge in [-0.2, -0.15) is 0 Å². The normalized spacial score (nSPS) is 22.4. The highest BCUT2D eigenvalue weighted by Crippen LogP contribution is 2.28. The van der Waals surface area contributed by atoms with Gasteiger partial charge in [0, 0.05) is 27.7 Å². The summed E-state index contributed by atoms with van der Waals surface area (Å²) < 4.78 is 37.4. The molecule has 0 radical (unpaired) electrons. The molecule has 0 aliphatic carbocycles. The van der Waals surface area contributed by atoms with Crippen molar-refractivity contribution in [2.75, 3.05) is 19.8 Å². The SMILES string of the molecule is CC(=O)NC1C(OC/C=C\COC(=O)Oc2ccc(C)cc2)OC(COC(C)=O)C(OC(C)=O)C1OC(C)=O. The first kappa shape index (κ1) is 31.2. The lowest BCUT2D eigenvalue weighted by molar-refractivity contribution is -0.275. The van der Waals surface area contributed by atoms with Gasteiger partial charge in [0.15, 0.2) is 18.5 Å². The predicted molar refractivity (Wildman–Crippen MR) is 132 cm³/mol. The third kappa shape index (κ3) is 11.1. The Balaban J connectivity index is 2.06. The number of hydrogen-bond donors (Lipinski definition) is 1. The number of aryl methyl sites for hydroxylation is 1. The number of amides is 1. The highest BCUT2D eigenvalue weighted by Gasteiger charge is 2.51. The molecule has 1 aromatic rings. The fraction of sp³-hybridized carbons (Fsp3) is 0.500. The monoisotopic (exact) mass is 551 g/mol. The molecule has 39 heavy (non-hydrogen) atoms. The fourth-order valence-electron chi connectivity index (χ4n) is 3.57. The third-order valence-corrected chi connectivity index (χ3v) is 5.11. The highest BCUT2D eigenvalue weighted by atomic mass is 16.7. The van der Waals surface area contributed by atoms with Crippen molar-refractivity contribution in [3.63, 3.8) is 0 Å². The van der Waals surface area contributed by atoms with Gasteiger partial charge in [-0.15, -0.1) is 0 Å². The first-order chi connectivity index (χ1) is 18.5. The maximum absolute atomic E-state index is 11.9. The second kappa shape index (κ2) is 15.4. The van der Waals surface area contributed by atoms with E-state index in [1.807, 2.05) is 6.92 Å². The zero-order chi connectivity index (χ0) is 28.9. The maximum Gasteiger partial charge on any atom is 0.514 e. The van der Waals surface area contributed by atoms with Gasteiger partial charge in [-0.25, -0.2) is 4.79 Å².